The highest BCUT2D eigenvalue weighted by Crippen LogP contribution is 2.21. The molecule has 0 aliphatic heterocycles. The van der Waals surface area contributed by atoms with Gasteiger partial charge in [0.1, 0.15) is 0 Å². The second-order valence-corrected chi connectivity index (χ2v) is 5.51. The first-order valence-corrected chi connectivity index (χ1v) is 6.94. The van der Waals surface area contributed by atoms with Gasteiger partial charge in [0.25, 0.3) is 0 Å². The van der Waals surface area contributed by atoms with Gasteiger partial charge in [0, 0.05) is 29.3 Å². The van der Waals surface area contributed by atoms with Crippen molar-refractivity contribution < 1.29 is 0 Å². The van der Waals surface area contributed by atoms with Gasteiger partial charge in [-0.05, 0) is 36.2 Å². The van der Waals surface area contributed by atoms with Crippen molar-refractivity contribution in [2.24, 2.45) is 7.05 Å². The number of benzene rings is 1. The molecule has 3 nitrogen and oxygen atoms in total. The second-order valence-electron chi connectivity index (χ2n) is 4.18. The lowest BCUT2D eigenvalue weighted by Gasteiger charge is -2.06. The summed E-state index contributed by atoms with van der Waals surface area (Å²) in [6.45, 7) is 1.70. The molecule has 0 aliphatic carbocycles. The van der Waals surface area contributed by atoms with Crippen LogP contribution in [0.4, 0.5) is 0 Å². The molecule has 0 fully saturated rings. The van der Waals surface area contributed by atoms with E-state index in [9.17, 15) is 0 Å². The third-order valence-electron chi connectivity index (χ3n) is 2.68. The van der Waals surface area contributed by atoms with Crippen LogP contribution in [-0.4, -0.2) is 16.3 Å². The standard InChI is InChI=1S/C13H15BrClN3/c1-18-9-10(7-17-18)4-5-16-8-11-2-3-12(14)6-13(11)15/h2-3,6-7,9,16H,4-5,8H2,1H3. The van der Waals surface area contributed by atoms with Gasteiger partial charge < -0.3 is 5.32 Å². The number of nitrogens with one attached hydrogen (secondary N) is 1. The average Bonchev–Trinajstić information content (AvgIpc) is 2.73. The van der Waals surface area contributed by atoms with Crippen LogP contribution in [0.3, 0.4) is 0 Å². The van der Waals surface area contributed by atoms with Gasteiger partial charge in [0.05, 0.1) is 6.20 Å². The van der Waals surface area contributed by atoms with Gasteiger partial charge >= 0.3 is 0 Å². The van der Waals surface area contributed by atoms with Gasteiger partial charge in [-0.25, -0.2) is 0 Å². The SMILES string of the molecule is Cn1cc(CCNCc2ccc(Br)cc2Cl)cn1. The third-order valence-corrected chi connectivity index (χ3v) is 3.52. The van der Waals surface area contributed by atoms with E-state index in [2.05, 4.69) is 26.3 Å². The monoisotopic (exact) mass is 327 g/mol. The minimum atomic E-state index is 0.784. The number of aryl methyl sites for hydroxylation is 1. The molecular formula is C13H15BrClN3. The van der Waals surface area contributed by atoms with Crippen LogP contribution < -0.4 is 5.32 Å². The van der Waals surface area contributed by atoms with E-state index in [0.29, 0.717) is 0 Å². The fourth-order valence-electron chi connectivity index (χ4n) is 1.72. The summed E-state index contributed by atoms with van der Waals surface area (Å²) in [6, 6.07) is 5.95. The largest absolute Gasteiger partial charge is 0.312 e. The molecule has 1 N–H and O–H groups in total. The molecule has 1 heterocycles. The minimum Gasteiger partial charge on any atom is -0.312 e. The predicted octanol–water partition coefficient (Wildman–Crippen LogP) is 3.17. The summed E-state index contributed by atoms with van der Waals surface area (Å²) in [5, 5.41) is 8.31. The lowest BCUT2D eigenvalue weighted by atomic mass is 10.2. The van der Waals surface area contributed by atoms with Crippen LogP contribution in [0.15, 0.2) is 35.1 Å². The third kappa shape index (κ3) is 3.83. The fraction of sp³-hybridized carbons (Fsp3) is 0.308. The zero-order valence-electron chi connectivity index (χ0n) is 10.2. The number of aromatic nitrogens is 2. The van der Waals surface area contributed by atoms with Gasteiger partial charge in [-0.15, -0.1) is 0 Å². The Bertz CT molecular complexity index is 525. The maximum Gasteiger partial charge on any atom is 0.0522 e. The van der Waals surface area contributed by atoms with Crippen molar-refractivity contribution in [3.63, 3.8) is 0 Å². The van der Waals surface area contributed by atoms with Crippen molar-refractivity contribution in [3.8, 4) is 0 Å². The molecule has 18 heavy (non-hydrogen) atoms. The second kappa shape index (κ2) is 6.36. The van der Waals surface area contributed by atoms with E-state index in [0.717, 1.165) is 34.6 Å². The molecule has 2 rings (SSSR count). The molecule has 0 saturated carbocycles. The Kier molecular flexibility index (Phi) is 4.80. The first-order valence-electron chi connectivity index (χ1n) is 5.77. The molecule has 0 spiro atoms. The Labute approximate surface area is 120 Å². The Hall–Kier alpha value is -0.840. The maximum absolute atomic E-state index is 6.15. The fourth-order valence-corrected chi connectivity index (χ4v) is 2.46. The first-order chi connectivity index (χ1) is 8.65. The van der Waals surface area contributed by atoms with Crippen molar-refractivity contribution in [2.75, 3.05) is 6.54 Å². The maximum atomic E-state index is 6.15. The van der Waals surface area contributed by atoms with E-state index in [1.807, 2.05) is 42.3 Å². The molecule has 0 radical (unpaired) electrons. The van der Waals surface area contributed by atoms with Crippen LogP contribution in [0.5, 0.6) is 0 Å². The molecule has 1 aromatic carbocycles. The molecule has 96 valence electrons. The van der Waals surface area contributed by atoms with E-state index >= 15 is 0 Å². The number of hydrogen-bond acceptors (Lipinski definition) is 2. The van der Waals surface area contributed by atoms with Crippen LogP contribution in [0.1, 0.15) is 11.1 Å². The van der Waals surface area contributed by atoms with Crippen LogP contribution in [0.25, 0.3) is 0 Å². The summed E-state index contributed by atoms with van der Waals surface area (Å²) in [5.74, 6) is 0. The quantitative estimate of drug-likeness (QED) is 0.854. The van der Waals surface area contributed by atoms with E-state index in [4.69, 9.17) is 11.6 Å². The van der Waals surface area contributed by atoms with Crippen molar-refractivity contribution in [2.45, 2.75) is 13.0 Å². The molecule has 0 unspecified atom stereocenters. The van der Waals surface area contributed by atoms with Crippen LogP contribution in [0.2, 0.25) is 5.02 Å². The summed E-state index contributed by atoms with van der Waals surface area (Å²) in [6.07, 6.45) is 4.91. The molecule has 5 heteroatoms. The van der Waals surface area contributed by atoms with Gasteiger partial charge in [-0.1, -0.05) is 33.6 Å². The Balaban J connectivity index is 1.78. The topological polar surface area (TPSA) is 29.9 Å². The van der Waals surface area contributed by atoms with Crippen molar-refractivity contribution in [3.05, 3.63) is 51.2 Å². The summed E-state index contributed by atoms with van der Waals surface area (Å²) in [7, 11) is 1.93. The molecule has 0 bridgehead atoms. The Morgan fingerprint density at radius 1 is 1.44 bits per heavy atom. The lowest BCUT2D eigenvalue weighted by Crippen LogP contribution is -2.16. The predicted molar refractivity (Wildman–Crippen MR) is 77.8 cm³/mol. The zero-order chi connectivity index (χ0) is 13.0. The smallest absolute Gasteiger partial charge is 0.0522 e. The zero-order valence-corrected chi connectivity index (χ0v) is 12.5. The summed E-state index contributed by atoms with van der Waals surface area (Å²) >= 11 is 9.54. The average molecular weight is 329 g/mol. The van der Waals surface area contributed by atoms with Crippen LogP contribution in [0, 0.1) is 0 Å². The number of hydrogen-bond donors (Lipinski definition) is 1. The molecular weight excluding hydrogens is 314 g/mol. The number of halogens is 2. The molecule has 0 saturated heterocycles. The lowest BCUT2D eigenvalue weighted by molar-refractivity contribution is 0.686. The Morgan fingerprint density at radius 2 is 2.28 bits per heavy atom. The first kappa shape index (κ1) is 13.6. The van der Waals surface area contributed by atoms with Crippen molar-refractivity contribution in [1.29, 1.82) is 0 Å². The molecule has 2 aromatic rings. The van der Waals surface area contributed by atoms with E-state index in [1.165, 1.54) is 5.56 Å². The van der Waals surface area contributed by atoms with Gasteiger partial charge in [0.2, 0.25) is 0 Å². The van der Waals surface area contributed by atoms with Gasteiger partial charge in [-0.2, -0.15) is 5.10 Å². The highest BCUT2D eigenvalue weighted by molar-refractivity contribution is 9.10. The summed E-state index contributed by atoms with van der Waals surface area (Å²) < 4.78 is 2.83. The highest BCUT2D eigenvalue weighted by atomic mass is 79.9. The van der Waals surface area contributed by atoms with Crippen LogP contribution in [-0.2, 0) is 20.0 Å². The van der Waals surface area contributed by atoms with E-state index in [-0.39, 0.29) is 0 Å². The molecule has 0 amide bonds. The van der Waals surface area contributed by atoms with Crippen molar-refractivity contribution in [1.82, 2.24) is 15.1 Å². The highest BCUT2D eigenvalue weighted by Gasteiger charge is 2.01. The minimum absolute atomic E-state index is 0.784. The van der Waals surface area contributed by atoms with E-state index < -0.39 is 0 Å². The van der Waals surface area contributed by atoms with Gasteiger partial charge in [0.15, 0.2) is 0 Å². The summed E-state index contributed by atoms with van der Waals surface area (Å²) in [5.41, 5.74) is 2.36. The number of nitrogens with zero attached hydrogens (tertiary/aromatic N) is 2. The molecule has 1 aromatic heterocycles. The summed E-state index contributed by atoms with van der Waals surface area (Å²) in [4.78, 5) is 0. The van der Waals surface area contributed by atoms with E-state index in [1.54, 1.807) is 0 Å². The van der Waals surface area contributed by atoms with Crippen molar-refractivity contribution >= 4 is 27.5 Å². The number of rotatable bonds is 5. The van der Waals surface area contributed by atoms with Gasteiger partial charge in [-0.3, -0.25) is 4.68 Å². The molecule has 0 atom stereocenters. The molecule has 0 aliphatic rings. The van der Waals surface area contributed by atoms with Crippen LogP contribution >= 0.6 is 27.5 Å². The Morgan fingerprint density at radius 3 is 2.94 bits per heavy atom. The normalized spacial score (nSPS) is 10.8.